The molecule has 14 rings (SSSR count). The van der Waals surface area contributed by atoms with Crippen LogP contribution >= 0.6 is 11.6 Å². The Morgan fingerprint density at radius 2 is 1.33 bits per heavy atom. The Morgan fingerprint density at radius 1 is 0.812 bits per heavy atom. The van der Waals surface area contributed by atoms with Crippen molar-refractivity contribution in [1.29, 1.82) is 0 Å². The number of esters is 1. The van der Waals surface area contributed by atoms with E-state index in [9.17, 15) is 4.79 Å². The van der Waals surface area contributed by atoms with Crippen LogP contribution < -0.4 is 5.73 Å². The van der Waals surface area contributed by atoms with Gasteiger partial charge in [0.15, 0.2) is 0 Å². The molecule has 12 heteroatoms. The van der Waals surface area contributed by atoms with Crippen molar-refractivity contribution >= 4 is 61.7 Å². The highest BCUT2D eigenvalue weighted by molar-refractivity contribution is 6.18. The third-order valence-corrected chi connectivity index (χ3v) is 12.4. The van der Waals surface area contributed by atoms with Crippen molar-refractivity contribution in [2.45, 2.75) is 87.2 Å². The Hall–Kier alpha value is -3.96. The minimum Gasteiger partial charge on any atom is -0.465 e. The zero-order valence-corrected chi connectivity index (χ0v) is 27.7. The number of fused-ring (bicyclic) bond motifs is 6. The van der Waals surface area contributed by atoms with Crippen molar-refractivity contribution in [2.24, 2.45) is 23.0 Å². The summed E-state index contributed by atoms with van der Waals surface area (Å²) in [5.41, 5.74) is 12.9. The Labute approximate surface area is 282 Å². The van der Waals surface area contributed by atoms with Gasteiger partial charge in [-0.25, -0.2) is 19.9 Å². The highest BCUT2D eigenvalue weighted by Gasteiger charge is 2.69. The first-order valence-electron chi connectivity index (χ1n) is 17.4. The van der Waals surface area contributed by atoms with E-state index in [1.807, 2.05) is 37.4 Å². The van der Waals surface area contributed by atoms with Crippen LogP contribution in [0.4, 0.5) is 0 Å². The predicted octanol–water partition coefficient (Wildman–Crippen LogP) is 6.27. The van der Waals surface area contributed by atoms with Crippen LogP contribution in [0.3, 0.4) is 0 Å². The lowest BCUT2D eigenvalue weighted by Crippen LogP contribution is -2.76. The van der Waals surface area contributed by atoms with Gasteiger partial charge in [-0.05, 0) is 93.6 Å². The van der Waals surface area contributed by atoms with Gasteiger partial charge in [0.25, 0.3) is 0 Å². The number of carbonyl (C=O) groups excluding carboxylic acids is 1. The van der Waals surface area contributed by atoms with Gasteiger partial charge >= 0.3 is 5.97 Å². The Kier molecular flexibility index (Phi) is 6.07. The van der Waals surface area contributed by atoms with Crippen molar-refractivity contribution < 1.29 is 9.53 Å². The summed E-state index contributed by atoms with van der Waals surface area (Å²) < 4.78 is 10.1. The van der Waals surface area contributed by atoms with Gasteiger partial charge in [0.1, 0.15) is 22.3 Å². The van der Waals surface area contributed by atoms with Crippen LogP contribution in [-0.4, -0.2) is 63.0 Å². The molecule has 8 fully saturated rings. The molecule has 0 atom stereocenters. The van der Waals surface area contributed by atoms with E-state index in [4.69, 9.17) is 22.1 Å². The average molecular weight is 666 g/mol. The summed E-state index contributed by atoms with van der Waals surface area (Å²) >= 11 is 5.40. The summed E-state index contributed by atoms with van der Waals surface area (Å²) in [5, 5.41) is 2.28. The molecule has 0 aromatic carbocycles. The molecule has 0 radical (unpaired) electrons. The third-order valence-electron chi connectivity index (χ3n) is 12.0. The van der Waals surface area contributed by atoms with Gasteiger partial charge in [0.05, 0.1) is 54.6 Å². The van der Waals surface area contributed by atoms with Crippen molar-refractivity contribution in [3.63, 3.8) is 0 Å². The summed E-state index contributed by atoms with van der Waals surface area (Å²) in [5.74, 6) is 2.42. The van der Waals surface area contributed by atoms with Crippen molar-refractivity contribution in [3.8, 4) is 0 Å². The number of nitrogens with one attached hydrogen (secondary N) is 2. The van der Waals surface area contributed by atoms with Crippen molar-refractivity contribution in [3.05, 3.63) is 49.6 Å². The molecule has 0 aliphatic heterocycles. The first-order valence-corrected chi connectivity index (χ1v) is 17.9. The quantitative estimate of drug-likeness (QED) is 0.135. The maximum absolute atomic E-state index is 12.1. The number of hydrogen-bond acceptors (Lipinski definition) is 7. The molecule has 48 heavy (non-hydrogen) atoms. The molecule has 0 unspecified atom stereocenters. The van der Waals surface area contributed by atoms with Crippen LogP contribution in [0.15, 0.2) is 49.6 Å². The van der Waals surface area contributed by atoms with Crippen molar-refractivity contribution in [1.82, 2.24) is 39.0 Å². The van der Waals surface area contributed by atoms with E-state index in [1.54, 1.807) is 0 Å². The molecule has 0 saturated heterocycles. The van der Waals surface area contributed by atoms with E-state index < -0.39 is 0 Å². The molecular weight excluding hydrogens is 626 g/mol. The van der Waals surface area contributed by atoms with Crippen LogP contribution in [-0.2, 0) is 20.6 Å². The fourth-order valence-corrected chi connectivity index (χ4v) is 9.62. The maximum atomic E-state index is 12.1. The topological polar surface area (TPSA) is 145 Å². The minimum absolute atomic E-state index is 0.00656. The number of pyridine rings is 2. The zero-order valence-electron chi connectivity index (χ0n) is 26.9. The largest absolute Gasteiger partial charge is 0.465 e. The standard InChI is InChI=1S/C19H20N4O2.C13H13N5.C4H7Cl/c24-15(25-7-12-1-2-12)5-18-8-19(9-18,10-18)23-11-22-14-6-21-17-13(16(14)23)3-4-20-17;14-12-4-13(5-12,6-12)18-7-17-9-3-16-11-8(10(9)18)1-2-15-11;5-3-4-1-2-4/h3-4,6,11-12H,1-2,5,7-10H2,(H,20,21);1-3,7H,4-6,14H2,(H,15,16);4H,1-3H2. The second-order valence-corrected chi connectivity index (χ2v) is 16.3. The number of aromatic nitrogens is 8. The second kappa shape index (κ2) is 10.0. The monoisotopic (exact) mass is 665 g/mol. The molecule has 4 N–H and O–H groups in total. The van der Waals surface area contributed by atoms with E-state index >= 15 is 0 Å². The number of imidazole rings is 2. The Morgan fingerprint density at radius 3 is 1.79 bits per heavy atom. The number of ether oxygens (including phenoxy) is 1. The van der Waals surface area contributed by atoms with E-state index in [0.29, 0.717) is 18.9 Å². The van der Waals surface area contributed by atoms with E-state index in [-0.39, 0.29) is 28.0 Å². The van der Waals surface area contributed by atoms with Gasteiger partial charge in [-0.1, -0.05) is 0 Å². The molecule has 248 valence electrons. The lowest BCUT2D eigenvalue weighted by Gasteiger charge is -2.70. The van der Waals surface area contributed by atoms with Gasteiger partial charge in [0, 0.05) is 40.1 Å². The molecule has 4 bridgehead atoms. The molecule has 6 aromatic heterocycles. The second-order valence-electron chi connectivity index (χ2n) is 16.0. The molecule has 8 saturated carbocycles. The number of rotatable bonds is 7. The van der Waals surface area contributed by atoms with Crippen LogP contribution in [0.25, 0.3) is 44.1 Å². The summed E-state index contributed by atoms with van der Waals surface area (Å²) in [6.45, 7) is 0.630. The lowest BCUT2D eigenvalue weighted by molar-refractivity contribution is -0.199. The number of carbonyl (C=O) groups is 1. The summed E-state index contributed by atoms with van der Waals surface area (Å²) in [7, 11) is 0. The lowest BCUT2D eigenvalue weighted by atomic mass is 9.38. The Bertz CT molecular complexity index is 2180. The molecule has 8 aliphatic rings. The fourth-order valence-electron chi connectivity index (χ4n) is 9.31. The first kappa shape index (κ1) is 29.0. The number of nitrogens with zero attached hydrogens (tertiary/aromatic N) is 6. The molecule has 0 amide bonds. The molecule has 11 nitrogen and oxygen atoms in total. The minimum atomic E-state index is -0.00656. The van der Waals surface area contributed by atoms with Crippen LogP contribution in [0, 0.1) is 17.3 Å². The molecule has 6 aromatic rings. The fraction of sp³-hybridized carbons (Fsp3) is 0.528. The SMILES string of the molecule is ClCC1CC1.NC12CC(n3cnc4cnc5[nH]ccc5c43)(C1)C2.O=C(CC12CC(n3cnc4cnc5[nH]ccc5c43)(C1)C2)OCC1CC1. The number of nitrogens with two attached hydrogens (primary N) is 1. The van der Waals surface area contributed by atoms with Crippen molar-refractivity contribution in [2.75, 3.05) is 12.5 Å². The highest BCUT2D eigenvalue weighted by Crippen LogP contribution is 2.73. The number of H-pyrrole nitrogens is 2. The van der Waals surface area contributed by atoms with E-state index in [1.165, 1.54) is 31.2 Å². The smallest absolute Gasteiger partial charge is 0.306 e. The van der Waals surface area contributed by atoms with Crippen LogP contribution in [0.5, 0.6) is 0 Å². The van der Waals surface area contributed by atoms with E-state index in [0.717, 1.165) is 88.9 Å². The summed E-state index contributed by atoms with van der Waals surface area (Å²) in [6.07, 6.45) is 23.6. The summed E-state index contributed by atoms with van der Waals surface area (Å²) in [4.78, 5) is 36.3. The number of aromatic amines is 2. The summed E-state index contributed by atoms with van der Waals surface area (Å²) in [6, 6.07) is 4.14. The van der Waals surface area contributed by atoms with Gasteiger partial charge in [-0.15, -0.1) is 11.6 Å². The van der Waals surface area contributed by atoms with Crippen LogP contribution in [0.1, 0.15) is 70.6 Å². The normalized spacial score (nSPS) is 30.8. The highest BCUT2D eigenvalue weighted by atomic mass is 35.5. The average Bonchev–Trinajstić information content (AvgIpc) is 3.79. The predicted molar refractivity (Wildman–Crippen MR) is 184 cm³/mol. The molecule has 8 aliphatic carbocycles. The number of halogens is 1. The number of hydrogen-bond donors (Lipinski definition) is 3. The molecule has 0 spiro atoms. The molecule has 6 heterocycles. The maximum Gasteiger partial charge on any atom is 0.306 e. The zero-order chi connectivity index (χ0) is 32.3. The first-order chi connectivity index (χ1) is 23.3. The van der Waals surface area contributed by atoms with Gasteiger partial charge in [-0.3, -0.25) is 4.79 Å². The van der Waals surface area contributed by atoms with Crippen LogP contribution in [0.2, 0.25) is 0 Å². The Balaban J connectivity index is 0.000000112. The molecular formula is C36H40ClN9O2. The number of alkyl halides is 1. The third kappa shape index (κ3) is 4.46. The van der Waals surface area contributed by atoms with Gasteiger partial charge in [-0.2, -0.15) is 0 Å². The van der Waals surface area contributed by atoms with E-state index in [2.05, 4.69) is 51.2 Å². The van der Waals surface area contributed by atoms with Gasteiger partial charge < -0.3 is 29.6 Å². The van der Waals surface area contributed by atoms with Gasteiger partial charge in [0.2, 0.25) is 0 Å².